The first kappa shape index (κ1) is 17.8. The lowest BCUT2D eigenvalue weighted by Gasteiger charge is -2.51. The molecule has 3 aliphatic rings. The van der Waals surface area contributed by atoms with Crippen LogP contribution in [0.5, 0.6) is 5.75 Å². The van der Waals surface area contributed by atoms with Crippen LogP contribution in [0.2, 0.25) is 0 Å². The quantitative estimate of drug-likeness (QED) is 0.815. The average molecular weight is 358 g/mol. The molecule has 26 heavy (non-hydrogen) atoms. The van der Waals surface area contributed by atoms with E-state index in [-0.39, 0.29) is 17.5 Å². The Bertz CT molecular complexity index is 699. The largest absolute Gasteiger partial charge is 0.508 e. The van der Waals surface area contributed by atoms with E-state index in [1.807, 2.05) is 12.1 Å². The van der Waals surface area contributed by atoms with Crippen molar-refractivity contribution in [2.24, 2.45) is 17.3 Å². The molecule has 0 spiro atoms. The second kappa shape index (κ2) is 6.56. The van der Waals surface area contributed by atoms with Gasteiger partial charge >= 0.3 is 5.97 Å². The van der Waals surface area contributed by atoms with Gasteiger partial charge in [0, 0.05) is 25.4 Å². The van der Waals surface area contributed by atoms with Crippen molar-refractivity contribution in [3.05, 3.63) is 29.3 Å². The highest BCUT2D eigenvalue weighted by molar-refractivity contribution is 5.66. The van der Waals surface area contributed by atoms with Gasteiger partial charge < -0.3 is 14.6 Å². The lowest BCUT2D eigenvalue weighted by molar-refractivity contribution is -0.154. The summed E-state index contributed by atoms with van der Waals surface area (Å²) in [6.07, 6.45) is 5.53. The van der Waals surface area contributed by atoms with Gasteiger partial charge in [-0.3, -0.25) is 4.79 Å². The van der Waals surface area contributed by atoms with Crippen molar-refractivity contribution in [3.8, 4) is 5.75 Å². The van der Waals surface area contributed by atoms with E-state index in [2.05, 4.69) is 13.0 Å². The minimum Gasteiger partial charge on any atom is -0.508 e. The Morgan fingerprint density at radius 1 is 1.27 bits per heavy atom. The summed E-state index contributed by atoms with van der Waals surface area (Å²) in [5, 5.41) is 9.99. The number of hydrogen-bond donors (Lipinski definition) is 1. The number of phenols is 1. The van der Waals surface area contributed by atoms with Gasteiger partial charge in [-0.25, -0.2) is 0 Å². The Balaban J connectivity index is 1.68. The number of phenolic OH excluding ortho intramolecular Hbond substituents is 1. The fraction of sp³-hybridized carbons (Fsp3) is 0.682. The second-order valence-electron chi connectivity index (χ2n) is 8.80. The summed E-state index contributed by atoms with van der Waals surface area (Å²) >= 11 is 0. The van der Waals surface area contributed by atoms with E-state index in [0.717, 1.165) is 32.1 Å². The number of methoxy groups -OCH3 is 1. The molecule has 3 aliphatic carbocycles. The Kier molecular flexibility index (Phi) is 4.50. The molecule has 1 aromatic carbocycles. The number of aromatic hydroxyl groups is 1. The van der Waals surface area contributed by atoms with Crippen molar-refractivity contribution < 1.29 is 19.4 Å². The molecular formula is C22H30O4. The maximum Gasteiger partial charge on any atom is 0.302 e. The van der Waals surface area contributed by atoms with Crippen LogP contribution >= 0.6 is 0 Å². The number of fused-ring (bicyclic) bond motifs is 5. The van der Waals surface area contributed by atoms with Gasteiger partial charge in [0.2, 0.25) is 0 Å². The van der Waals surface area contributed by atoms with Crippen LogP contribution in [0.1, 0.15) is 68.9 Å². The minimum absolute atomic E-state index is 0.0630. The zero-order valence-corrected chi connectivity index (χ0v) is 16.0. The lowest BCUT2D eigenvalue weighted by Crippen LogP contribution is -2.45. The third-order valence-corrected chi connectivity index (χ3v) is 7.49. The molecule has 2 saturated carbocycles. The second-order valence-corrected chi connectivity index (χ2v) is 8.80. The van der Waals surface area contributed by atoms with Crippen molar-refractivity contribution in [3.63, 3.8) is 0 Å². The van der Waals surface area contributed by atoms with Crippen LogP contribution < -0.4 is 0 Å². The molecule has 0 amide bonds. The van der Waals surface area contributed by atoms with E-state index in [1.54, 1.807) is 7.11 Å². The van der Waals surface area contributed by atoms with Crippen LogP contribution in [0.3, 0.4) is 0 Å². The number of carbonyl (C=O) groups is 1. The molecule has 4 rings (SSSR count). The molecule has 6 atom stereocenters. The highest BCUT2D eigenvalue weighted by atomic mass is 16.5. The summed E-state index contributed by atoms with van der Waals surface area (Å²) in [6, 6.07) is 5.90. The third-order valence-electron chi connectivity index (χ3n) is 7.49. The van der Waals surface area contributed by atoms with Crippen LogP contribution in [0.25, 0.3) is 0 Å². The van der Waals surface area contributed by atoms with Gasteiger partial charge in [-0.05, 0) is 73.1 Å². The molecule has 0 bridgehead atoms. The van der Waals surface area contributed by atoms with E-state index < -0.39 is 0 Å². The Labute approximate surface area is 155 Å². The fourth-order valence-electron chi connectivity index (χ4n) is 6.42. The molecule has 1 N–H and O–H groups in total. The van der Waals surface area contributed by atoms with Crippen LogP contribution in [-0.2, 0) is 14.3 Å². The molecule has 0 aromatic heterocycles. The first-order valence-electron chi connectivity index (χ1n) is 9.93. The molecule has 0 aliphatic heterocycles. The Hall–Kier alpha value is -1.55. The molecule has 4 heteroatoms. The average Bonchev–Trinajstić information content (AvgIpc) is 2.91. The van der Waals surface area contributed by atoms with Gasteiger partial charge in [0.15, 0.2) is 0 Å². The smallest absolute Gasteiger partial charge is 0.302 e. The van der Waals surface area contributed by atoms with Gasteiger partial charge in [0.05, 0.1) is 6.61 Å². The summed E-state index contributed by atoms with van der Waals surface area (Å²) < 4.78 is 11.2. The van der Waals surface area contributed by atoms with Gasteiger partial charge in [-0.1, -0.05) is 13.0 Å². The van der Waals surface area contributed by atoms with Crippen molar-refractivity contribution in [1.82, 2.24) is 0 Å². The monoisotopic (exact) mass is 358 g/mol. The van der Waals surface area contributed by atoms with Crippen LogP contribution in [0.4, 0.5) is 0 Å². The third kappa shape index (κ3) is 2.74. The summed E-state index contributed by atoms with van der Waals surface area (Å²) in [6.45, 7) is 4.56. The van der Waals surface area contributed by atoms with Crippen molar-refractivity contribution >= 4 is 5.97 Å². The van der Waals surface area contributed by atoms with Gasteiger partial charge in [-0.2, -0.15) is 0 Å². The van der Waals surface area contributed by atoms with Crippen LogP contribution in [0, 0.1) is 17.3 Å². The van der Waals surface area contributed by atoms with E-state index in [9.17, 15) is 9.90 Å². The number of rotatable bonds is 3. The normalized spacial score (nSPS) is 38.2. The summed E-state index contributed by atoms with van der Waals surface area (Å²) in [7, 11) is 1.76. The van der Waals surface area contributed by atoms with E-state index in [0.29, 0.717) is 36.0 Å². The topological polar surface area (TPSA) is 55.8 Å². The van der Waals surface area contributed by atoms with Crippen LogP contribution in [-0.4, -0.2) is 30.9 Å². The summed E-state index contributed by atoms with van der Waals surface area (Å²) in [4.78, 5) is 11.6. The number of ether oxygens (including phenoxy) is 2. The number of hydrogen-bond acceptors (Lipinski definition) is 4. The van der Waals surface area contributed by atoms with Gasteiger partial charge in [0.25, 0.3) is 0 Å². The molecule has 1 aromatic rings. The Morgan fingerprint density at radius 3 is 2.81 bits per heavy atom. The molecule has 0 unspecified atom stereocenters. The number of benzene rings is 1. The molecule has 142 valence electrons. The predicted octanol–water partition coefficient (Wildman–Crippen LogP) is 4.37. The van der Waals surface area contributed by atoms with E-state index >= 15 is 0 Å². The summed E-state index contributed by atoms with van der Waals surface area (Å²) in [5.74, 6) is 2.27. The lowest BCUT2D eigenvalue weighted by atomic mass is 9.54. The van der Waals surface area contributed by atoms with Gasteiger partial charge in [0.1, 0.15) is 11.9 Å². The first-order valence-corrected chi connectivity index (χ1v) is 9.93. The highest BCUT2D eigenvalue weighted by Crippen LogP contribution is 2.63. The first-order chi connectivity index (χ1) is 12.4. The number of esters is 1. The molecule has 2 fully saturated rings. The number of carbonyl (C=O) groups excluding carboxylic acids is 1. The predicted molar refractivity (Wildman–Crippen MR) is 99.2 cm³/mol. The van der Waals surface area contributed by atoms with E-state index in [1.165, 1.54) is 18.1 Å². The zero-order valence-electron chi connectivity index (χ0n) is 16.0. The molecule has 0 heterocycles. The van der Waals surface area contributed by atoms with Crippen molar-refractivity contribution in [2.75, 3.05) is 13.7 Å². The van der Waals surface area contributed by atoms with Crippen molar-refractivity contribution in [1.29, 1.82) is 0 Å². The standard InChI is InChI=1S/C22H30O4/c1-13(23)26-21-7-6-20-19-10-14(12-25-3)18-11-15(24)4-5-16(18)17(19)8-9-22(20,21)2/h4-5,11,14,17,19-21,24H,6-10,12H2,1-3H3/t14-,17+,19+,20-,21-,22-/m0/s1. The SMILES string of the molecule is COC[C@@H]1C[C@@H]2[C@H](CC[C@]3(C)[C@@H](OC(C)=O)CC[C@@H]23)c2ccc(O)cc21. The molecule has 0 radical (unpaired) electrons. The molecule has 4 nitrogen and oxygen atoms in total. The van der Waals surface area contributed by atoms with Crippen molar-refractivity contribution in [2.45, 2.75) is 63.9 Å². The minimum atomic E-state index is -0.152. The fourth-order valence-corrected chi connectivity index (χ4v) is 6.42. The van der Waals surface area contributed by atoms with Gasteiger partial charge in [-0.15, -0.1) is 0 Å². The molecule has 0 saturated heterocycles. The molecular weight excluding hydrogens is 328 g/mol. The maximum atomic E-state index is 11.6. The summed E-state index contributed by atoms with van der Waals surface area (Å²) in [5.41, 5.74) is 2.77. The van der Waals surface area contributed by atoms with Crippen LogP contribution in [0.15, 0.2) is 18.2 Å². The highest BCUT2D eigenvalue weighted by Gasteiger charge is 2.56. The maximum absolute atomic E-state index is 11.6. The zero-order chi connectivity index (χ0) is 18.5. The Morgan fingerprint density at radius 2 is 2.08 bits per heavy atom. The van der Waals surface area contributed by atoms with E-state index in [4.69, 9.17) is 9.47 Å².